The highest BCUT2D eigenvalue weighted by Crippen LogP contribution is 2.29. The maximum atomic E-state index is 13.3. The largest absolute Gasteiger partial charge is 0.455 e. The Morgan fingerprint density at radius 2 is 1.87 bits per heavy atom. The van der Waals surface area contributed by atoms with Crippen LogP contribution in [0.3, 0.4) is 0 Å². The highest BCUT2D eigenvalue weighted by Gasteiger charge is 2.12. The number of aromatic nitrogens is 2. The molecule has 0 bridgehead atoms. The molecular formula is C23H18FN3O3. The van der Waals surface area contributed by atoms with E-state index in [1.54, 1.807) is 24.3 Å². The molecule has 30 heavy (non-hydrogen) atoms. The van der Waals surface area contributed by atoms with Gasteiger partial charge < -0.3 is 10.1 Å². The van der Waals surface area contributed by atoms with E-state index < -0.39 is 17.3 Å². The summed E-state index contributed by atoms with van der Waals surface area (Å²) in [7, 11) is 0. The van der Waals surface area contributed by atoms with Gasteiger partial charge in [-0.25, -0.2) is 9.37 Å². The molecule has 0 aliphatic heterocycles. The molecule has 1 N–H and O–H groups in total. The van der Waals surface area contributed by atoms with Crippen molar-refractivity contribution in [2.75, 3.05) is 5.32 Å². The summed E-state index contributed by atoms with van der Waals surface area (Å²) in [6.07, 6.45) is 1.23. The highest BCUT2D eigenvalue weighted by atomic mass is 19.1. The maximum absolute atomic E-state index is 13.3. The number of nitrogens with zero attached hydrogens (tertiary/aromatic N) is 2. The summed E-state index contributed by atoms with van der Waals surface area (Å²) in [5, 5.41) is 3.01. The molecule has 4 rings (SSSR count). The van der Waals surface area contributed by atoms with Crippen molar-refractivity contribution in [1.82, 2.24) is 9.55 Å². The van der Waals surface area contributed by atoms with Crippen molar-refractivity contribution in [3.05, 3.63) is 94.8 Å². The standard InChI is InChI=1S/C23H18FN3O3/c1-15-6-9-17(10-7-15)30-21-5-3-2-4-19(21)26-22(28)13-27-14-25-20-12-16(24)8-11-18(20)23(27)29/h2-12,14H,13H2,1H3,(H,26,28). The average molecular weight is 403 g/mol. The minimum atomic E-state index is -0.477. The summed E-state index contributed by atoms with van der Waals surface area (Å²) in [6.45, 7) is 1.75. The highest BCUT2D eigenvalue weighted by molar-refractivity contribution is 5.92. The van der Waals surface area contributed by atoms with Gasteiger partial charge in [0.05, 0.1) is 22.9 Å². The number of fused-ring (bicyclic) bond motifs is 1. The van der Waals surface area contributed by atoms with E-state index in [1.165, 1.54) is 29.1 Å². The molecular weight excluding hydrogens is 385 g/mol. The molecule has 0 saturated heterocycles. The van der Waals surface area contributed by atoms with Gasteiger partial charge in [0.25, 0.3) is 5.56 Å². The van der Waals surface area contributed by atoms with Gasteiger partial charge in [0.15, 0.2) is 5.75 Å². The molecule has 1 aromatic heterocycles. The van der Waals surface area contributed by atoms with Gasteiger partial charge in [0.1, 0.15) is 18.1 Å². The van der Waals surface area contributed by atoms with E-state index in [0.29, 0.717) is 17.2 Å². The second-order valence-corrected chi connectivity index (χ2v) is 6.80. The van der Waals surface area contributed by atoms with Crippen molar-refractivity contribution in [3.8, 4) is 11.5 Å². The van der Waals surface area contributed by atoms with Crippen molar-refractivity contribution in [2.24, 2.45) is 0 Å². The Hall–Kier alpha value is -4.00. The number of benzene rings is 3. The minimum Gasteiger partial charge on any atom is -0.455 e. The molecule has 7 heteroatoms. The summed E-state index contributed by atoms with van der Waals surface area (Å²) in [4.78, 5) is 29.2. The Balaban J connectivity index is 1.53. The van der Waals surface area contributed by atoms with Crippen LogP contribution in [-0.4, -0.2) is 15.5 Å². The van der Waals surface area contributed by atoms with Crippen LogP contribution in [-0.2, 0) is 11.3 Å². The van der Waals surface area contributed by atoms with Crippen LogP contribution in [0.25, 0.3) is 10.9 Å². The molecule has 0 aliphatic carbocycles. The number of hydrogen-bond acceptors (Lipinski definition) is 4. The van der Waals surface area contributed by atoms with Crippen LogP contribution < -0.4 is 15.6 Å². The van der Waals surface area contributed by atoms with Gasteiger partial charge in [-0.2, -0.15) is 0 Å². The van der Waals surface area contributed by atoms with Crippen LogP contribution in [0.5, 0.6) is 11.5 Å². The molecule has 0 radical (unpaired) electrons. The number of anilines is 1. The zero-order valence-electron chi connectivity index (χ0n) is 16.1. The van der Waals surface area contributed by atoms with Gasteiger partial charge in [-0.1, -0.05) is 29.8 Å². The number of carbonyl (C=O) groups is 1. The van der Waals surface area contributed by atoms with E-state index in [9.17, 15) is 14.0 Å². The summed E-state index contributed by atoms with van der Waals surface area (Å²) in [6, 6.07) is 18.3. The molecule has 3 aromatic carbocycles. The quantitative estimate of drug-likeness (QED) is 0.540. The SMILES string of the molecule is Cc1ccc(Oc2ccccc2NC(=O)Cn2cnc3cc(F)ccc3c2=O)cc1. The Morgan fingerprint density at radius 3 is 2.67 bits per heavy atom. The van der Waals surface area contributed by atoms with Crippen LogP contribution in [0, 0.1) is 12.7 Å². The summed E-state index contributed by atoms with van der Waals surface area (Å²) in [5.41, 5.74) is 1.42. The Morgan fingerprint density at radius 1 is 1.10 bits per heavy atom. The lowest BCUT2D eigenvalue weighted by molar-refractivity contribution is -0.116. The minimum absolute atomic E-state index is 0.238. The molecule has 0 saturated carbocycles. The Kier molecular flexibility index (Phi) is 5.26. The van der Waals surface area contributed by atoms with E-state index in [2.05, 4.69) is 10.3 Å². The van der Waals surface area contributed by atoms with E-state index in [-0.39, 0.29) is 17.4 Å². The van der Waals surface area contributed by atoms with Crippen LogP contribution in [0.15, 0.2) is 77.9 Å². The molecule has 1 heterocycles. The molecule has 150 valence electrons. The van der Waals surface area contributed by atoms with Crippen molar-refractivity contribution < 1.29 is 13.9 Å². The van der Waals surface area contributed by atoms with Crippen molar-refractivity contribution in [2.45, 2.75) is 13.5 Å². The second-order valence-electron chi connectivity index (χ2n) is 6.80. The Bertz CT molecular complexity index is 1280. The van der Waals surface area contributed by atoms with Crippen LogP contribution in [0.1, 0.15) is 5.56 Å². The number of ether oxygens (including phenoxy) is 1. The average Bonchev–Trinajstić information content (AvgIpc) is 2.73. The number of carbonyl (C=O) groups excluding carboxylic acids is 1. The number of aryl methyl sites for hydroxylation is 1. The summed E-state index contributed by atoms with van der Waals surface area (Å²) < 4.78 is 20.4. The number of para-hydroxylation sites is 2. The predicted molar refractivity (Wildman–Crippen MR) is 112 cm³/mol. The normalized spacial score (nSPS) is 10.7. The second kappa shape index (κ2) is 8.16. The first kappa shape index (κ1) is 19.3. The molecule has 0 unspecified atom stereocenters. The molecule has 0 spiro atoms. The van der Waals surface area contributed by atoms with Crippen molar-refractivity contribution in [3.63, 3.8) is 0 Å². The van der Waals surface area contributed by atoms with Gasteiger partial charge in [-0.05, 0) is 43.3 Å². The fourth-order valence-corrected chi connectivity index (χ4v) is 2.98. The third kappa shape index (κ3) is 4.20. The van der Waals surface area contributed by atoms with Gasteiger partial charge in [-0.15, -0.1) is 0 Å². The fourth-order valence-electron chi connectivity index (χ4n) is 2.98. The molecule has 0 atom stereocenters. The molecule has 0 aliphatic rings. The van der Waals surface area contributed by atoms with Crippen LogP contribution >= 0.6 is 0 Å². The van der Waals surface area contributed by atoms with E-state index in [0.717, 1.165) is 5.56 Å². The first-order valence-corrected chi connectivity index (χ1v) is 9.28. The topological polar surface area (TPSA) is 73.2 Å². The number of amides is 1. The summed E-state index contributed by atoms with van der Waals surface area (Å²) in [5.74, 6) is 0.231. The Labute approximate surface area is 171 Å². The maximum Gasteiger partial charge on any atom is 0.261 e. The van der Waals surface area contributed by atoms with Gasteiger partial charge >= 0.3 is 0 Å². The van der Waals surface area contributed by atoms with E-state index >= 15 is 0 Å². The van der Waals surface area contributed by atoms with Crippen LogP contribution in [0.4, 0.5) is 10.1 Å². The molecule has 0 fully saturated rings. The van der Waals surface area contributed by atoms with Gasteiger partial charge in [0, 0.05) is 6.07 Å². The van der Waals surface area contributed by atoms with Gasteiger partial charge in [-0.3, -0.25) is 14.2 Å². The third-order valence-electron chi connectivity index (χ3n) is 4.51. The van der Waals surface area contributed by atoms with Crippen molar-refractivity contribution in [1.29, 1.82) is 0 Å². The van der Waals surface area contributed by atoms with E-state index in [1.807, 2.05) is 31.2 Å². The molecule has 4 aromatic rings. The number of nitrogens with one attached hydrogen (secondary N) is 1. The fraction of sp³-hybridized carbons (Fsp3) is 0.0870. The first-order chi connectivity index (χ1) is 14.5. The smallest absolute Gasteiger partial charge is 0.261 e. The monoisotopic (exact) mass is 403 g/mol. The zero-order valence-corrected chi connectivity index (χ0v) is 16.1. The number of rotatable bonds is 5. The first-order valence-electron chi connectivity index (χ1n) is 9.28. The van der Waals surface area contributed by atoms with Gasteiger partial charge in [0.2, 0.25) is 5.91 Å². The van der Waals surface area contributed by atoms with Crippen LogP contribution in [0.2, 0.25) is 0 Å². The predicted octanol–water partition coefficient (Wildman–Crippen LogP) is 4.28. The summed E-state index contributed by atoms with van der Waals surface area (Å²) >= 11 is 0. The zero-order chi connectivity index (χ0) is 21.1. The lowest BCUT2D eigenvalue weighted by atomic mass is 10.2. The number of halogens is 1. The third-order valence-corrected chi connectivity index (χ3v) is 4.51. The van der Waals surface area contributed by atoms with Crippen molar-refractivity contribution >= 4 is 22.5 Å². The molecule has 6 nitrogen and oxygen atoms in total. The lowest BCUT2D eigenvalue weighted by Crippen LogP contribution is -2.28. The molecule has 1 amide bonds. The lowest BCUT2D eigenvalue weighted by Gasteiger charge is -2.13. The van der Waals surface area contributed by atoms with E-state index in [4.69, 9.17) is 4.74 Å². The number of hydrogen-bond donors (Lipinski definition) is 1.